The molecule has 5 heteroatoms. The van der Waals surface area contributed by atoms with Gasteiger partial charge in [-0.1, -0.05) is 49.1 Å². The second-order valence-electron chi connectivity index (χ2n) is 7.25. The predicted octanol–water partition coefficient (Wildman–Crippen LogP) is 4.27. The van der Waals surface area contributed by atoms with Crippen molar-refractivity contribution in [2.24, 2.45) is 5.73 Å². The number of hydrogen-bond donors (Lipinski definition) is 2. The summed E-state index contributed by atoms with van der Waals surface area (Å²) in [5, 5.41) is 4.12. The molecule has 1 aromatic heterocycles. The highest BCUT2D eigenvalue weighted by atomic mass is 32.1. The van der Waals surface area contributed by atoms with Crippen LogP contribution < -0.4 is 11.1 Å². The van der Waals surface area contributed by atoms with E-state index in [1.165, 1.54) is 12.0 Å². The normalized spacial score (nSPS) is 17.9. The van der Waals surface area contributed by atoms with Crippen LogP contribution in [0.25, 0.3) is 10.6 Å². The molecular weight excluding hydrogens is 330 g/mol. The first-order valence-electron chi connectivity index (χ1n) is 9.03. The molecule has 1 fully saturated rings. The number of rotatable bonds is 4. The average molecular weight is 358 g/mol. The van der Waals surface area contributed by atoms with E-state index >= 15 is 0 Å². The second kappa shape index (κ2) is 7.26. The fourth-order valence-electron chi connectivity index (χ4n) is 3.45. The summed E-state index contributed by atoms with van der Waals surface area (Å²) in [7, 11) is 0. The van der Waals surface area contributed by atoms with Crippen molar-refractivity contribution in [1.82, 2.24) is 10.3 Å². The molecule has 1 saturated carbocycles. The number of thiazole rings is 1. The summed E-state index contributed by atoms with van der Waals surface area (Å²) in [4.78, 5) is 18.5. The molecule has 1 amide bonds. The van der Waals surface area contributed by atoms with Crippen molar-refractivity contribution in [3.63, 3.8) is 0 Å². The monoisotopic (exact) mass is 357 g/mol. The number of carbonyl (C=O) groups excluding carboxylic acids is 1. The highest BCUT2D eigenvalue weighted by Gasteiger charge is 2.36. The van der Waals surface area contributed by atoms with Crippen LogP contribution in [0, 0.1) is 13.8 Å². The van der Waals surface area contributed by atoms with Gasteiger partial charge in [0.1, 0.15) is 5.01 Å². The van der Waals surface area contributed by atoms with Gasteiger partial charge in [0.25, 0.3) is 0 Å². The van der Waals surface area contributed by atoms with E-state index in [1.807, 2.05) is 13.8 Å². The van der Waals surface area contributed by atoms with Gasteiger partial charge in [-0.2, -0.15) is 0 Å². The summed E-state index contributed by atoms with van der Waals surface area (Å²) in [6.45, 7) is 6.10. The molecule has 4 nitrogen and oxygen atoms in total. The van der Waals surface area contributed by atoms with Crippen molar-refractivity contribution in [1.29, 1.82) is 0 Å². The maximum atomic E-state index is 12.7. The van der Waals surface area contributed by atoms with Gasteiger partial charge in [0.15, 0.2) is 0 Å². The molecule has 1 aliphatic rings. The molecule has 1 atom stereocenters. The van der Waals surface area contributed by atoms with Gasteiger partial charge in [0.05, 0.1) is 22.2 Å². The zero-order valence-corrected chi connectivity index (χ0v) is 16.1. The van der Waals surface area contributed by atoms with Crippen molar-refractivity contribution in [3.8, 4) is 10.6 Å². The maximum Gasteiger partial charge on any atom is 0.240 e. The molecule has 1 unspecified atom stereocenters. The quantitative estimate of drug-likeness (QED) is 0.859. The van der Waals surface area contributed by atoms with Crippen LogP contribution >= 0.6 is 11.3 Å². The number of aromatic nitrogens is 1. The first kappa shape index (κ1) is 18.1. The summed E-state index contributed by atoms with van der Waals surface area (Å²) >= 11 is 1.65. The van der Waals surface area contributed by atoms with E-state index in [9.17, 15) is 4.79 Å². The minimum atomic E-state index is -0.703. The van der Waals surface area contributed by atoms with Crippen LogP contribution in [0.5, 0.6) is 0 Å². The molecule has 0 bridgehead atoms. The number of hydrogen-bond acceptors (Lipinski definition) is 4. The fraction of sp³-hybridized carbons (Fsp3) is 0.500. The molecule has 2 aromatic rings. The molecule has 25 heavy (non-hydrogen) atoms. The molecule has 1 heterocycles. The van der Waals surface area contributed by atoms with Crippen molar-refractivity contribution < 1.29 is 4.79 Å². The summed E-state index contributed by atoms with van der Waals surface area (Å²) in [5.74, 6) is -0.0237. The van der Waals surface area contributed by atoms with Crippen LogP contribution in [-0.4, -0.2) is 16.4 Å². The number of nitrogens with two attached hydrogens (primary N) is 1. The molecule has 0 spiro atoms. The summed E-state index contributed by atoms with van der Waals surface area (Å²) in [5.41, 5.74) is 8.98. The molecular formula is C20H27N3OS. The number of amides is 1. The smallest absolute Gasteiger partial charge is 0.240 e. The van der Waals surface area contributed by atoms with Gasteiger partial charge in [0, 0.05) is 5.56 Å². The molecule has 0 aliphatic heterocycles. The zero-order valence-electron chi connectivity index (χ0n) is 15.3. The van der Waals surface area contributed by atoms with Crippen molar-refractivity contribution >= 4 is 17.2 Å². The lowest BCUT2D eigenvalue weighted by atomic mass is 9.82. The van der Waals surface area contributed by atoms with E-state index in [4.69, 9.17) is 10.7 Å². The van der Waals surface area contributed by atoms with Gasteiger partial charge in [0.2, 0.25) is 5.91 Å². The van der Waals surface area contributed by atoms with Gasteiger partial charge in [-0.15, -0.1) is 11.3 Å². The Labute approximate surface area is 153 Å². The Morgan fingerprint density at radius 1 is 1.20 bits per heavy atom. The number of benzene rings is 1. The van der Waals surface area contributed by atoms with E-state index < -0.39 is 5.54 Å². The standard InChI is InChI=1S/C20H27N3OS/c1-13-7-9-16(10-8-13)18-22-14(2)17(25-18)15(3)23-19(24)20(21)11-5-4-6-12-20/h7-10,15H,4-6,11-12,21H2,1-3H3,(H,23,24). The third kappa shape index (κ3) is 3.93. The highest BCUT2D eigenvalue weighted by molar-refractivity contribution is 7.15. The molecule has 3 N–H and O–H groups in total. The van der Waals surface area contributed by atoms with Gasteiger partial charge < -0.3 is 11.1 Å². The Balaban J connectivity index is 1.75. The van der Waals surface area contributed by atoms with Crippen LogP contribution in [-0.2, 0) is 4.79 Å². The Morgan fingerprint density at radius 2 is 1.84 bits per heavy atom. The molecule has 1 aliphatic carbocycles. The minimum absolute atomic E-state index is 0.0237. The third-order valence-corrected chi connectivity index (χ3v) is 6.46. The molecule has 1 aromatic carbocycles. The number of carbonyl (C=O) groups is 1. The van der Waals surface area contributed by atoms with E-state index in [2.05, 4.69) is 36.5 Å². The van der Waals surface area contributed by atoms with E-state index in [-0.39, 0.29) is 11.9 Å². The Kier molecular flexibility index (Phi) is 5.25. The first-order valence-corrected chi connectivity index (χ1v) is 9.85. The molecule has 0 saturated heterocycles. The highest BCUT2D eigenvalue weighted by Crippen LogP contribution is 2.33. The van der Waals surface area contributed by atoms with E-state index in [1.54, 1.807) is 11.3 Å². The SMILES string of the molecule is Cc1ccc(-c2nc(C)c(C(C)NC(=O)C3(N)CCCCC3)s2)cc1. The van der Waals surface area contributed by atoms with Crippen LogP contribution in [0.4, 0.5) is 0 Å². The van der Waals surface area contributed by atoms with Crippen molar-refractivity contribution in [2.45, 2.75) is 64.5 Å². The average Bonchev–Trinajstić information content (AvgIpc) is 2.98. The zero-order chi connectivity index (χ0) is 18.0. The lowest BCUT2D eigenvalue weighted by Gasteiger charge is -2.32. The predicted molar refractivity (Wildman–Crippen MR) is 104 cm³/mol. The van der Waals surface area contributed by atoms with Crippen LogP contribution in [0.2, 0.25) is 0 Å². The minimum Gasteiger partial charge on any atom is -0.347 e. The number of nitrogens with zero attached hydrogens (tertiary/aromatic N) is 1. The van der Waals surface area contributed by atoms with Gasteiger partial charge in [-0.05, 0) is 33.6 Å². The van der Waals surface area contributed by atoms with Gasteiger partial charge >= 0.3 is 0 Å². The van der Waals surface area contributed by atoms with Gasteiger partial charge in [-0.25, -0.2) is 4.98 Å². The summed E-state index contributed by atoms with van der Waals surface area (Å²) in [6.07, 6.45) is 4.81. The fourth-order valence-corrected chi connectivity index (χ4v) is 4.52. The Hall–Kier alpha value is -1.72. The van der Waals surface area contributed by atoms with Gasteiger partial charge in [-0.3, -0.25) is 4.79 Å². The summed E-state index contributed by atoms with van der Waals surface area (Å²) in [6, 6.07) is 8.30. The molecule has 3 rings (SSSR count). The third-order valence-electron chi connectivity index (χ3n) is 5.07. The maximum absolute atomic E-state index is 12.7. The largest absolute Gasteiger partial charge is 0.347 e. The number of nitrogens with one attached hydrogen (secondary N) is 1. The molecule has 134 valence electrons. The van der Waals surface area contributed by atoms with E-state index in [0.717, 1.165) is 46.8 Å². The Morgan fingerprint density at radius 3 is 2.48 bits per heavy atom. The topological polar surface area (TPSA) is 68.0 Å². The van der Waals surface area contributed by atoms with Crippen molar-refractivity contribution in [2.75, 3.05) is 0 Å². The lowest BCUT2D eigenvalue weighted by molar-refractivity contribution is -0.128. The van der Waals surface area contributed by atoms with E-state index in [0.29, 0.717) is 0 Å². The van der Waals surface area contributed by atoms with Crippen LogP contribution in [0.15, 0.2) is 24.3 Å². The lowest BCUT2D eigenvalue weighted by Crippen LogP contribution is -2.55. The van der Waals surface area contributed by atoms with Crippen LogP contribution in [0.1, 0.15) is 61.2 Å². The summed E-state index contributed by atoms with van der Waals surface area (Å²) < 4.78 is 0. The number of aryl methyl sites for hydroxylation is 2. The Bertz CT molecular complexity index is 745. The first-order chi connectivity index (χ1) is 11.9. The molecule has 0 radical (unpaired) electrons. The second-order valence-corrected chi connectivity index (χ2v) is 8.28. The van der Waals surface area contributed by atoms with Crippen molar-refractivity contribution in [3.05, 3.63) is 40.4 Å². The van der Waals surface area contributed by atoms with Crippen LogP contribution in [0.3, 0.4) is 0 Å².